The molecule has 1 aliphatic rings. The summed E-state index contributed by atoms with van der Waals surface area (Å²) < 4.78 is 11.5. The molecule has 0 saturated heterocycles. The monoisotopic (exact) mass is 525 g/mol. The van der Waals surface area contributed by atoms with Crippen LogP contribution in [0.2, 0.25) is 0 Å². The second-order valence-corrected chi connectivity index (χ2v) is 10.8. The van der Waals surface area contributed by atoms with E-state index in [0.29, 0.717) is 0 Å². The molecule has 192 valence electrons. The van der Waals surface area contributed by atoms with Gasteiger partial charge in [-0.2, -0.15) is 4.57 Å². The van der Waals surface area contributed by atoms with Gasteiger partial charge in [0.2, 0.25) is 0 Å². The van der Waals surface area contributed by atoms with Gasteiger partial charge in [0.15, 0.2) is 16.6 Å². The maximum absolute atomic E-state index is 6.62. The normalized spacial score (nSPS) is 12.3. The van der Waals surface area contributed by atoms with Crippen LogP contribution in [0.5, 0.6) is 0 Å². The van der Waals surface area contributed by atoms with E-state index in [-0.39, 0.29) is 0 Å². The largest absolute Gasteiger partial charge is 0.455 e. The van der Waals surface area contributed by atoms with E-state index in [4.69, 9.17) is 4.42 Å². The van der Waals surface area contributed by atoms with Crippen molar-refractivity contribution in [3.05, 3.63) is 145 Å². The van der Waals surface area contributed by atoms with Gasteiger partial charge in [-0.05, 0) is 47.0 Å². The molecule has 0 fully saturated rings. The van der Waals surface area contributed by atoms with E-state index in [1.165, 1.54) is 44.4 Å². The standard InChI is InChI=1S/C38H25N2O/c1-3-11-25(12-4-1)27-19-21-29(26-13-5-2-6-14-26)34(23-27)40-33-17-9-8-16-32(33)39-24-28-20-22-31-30-15-7-10-18-35(30)41-37(31)36(28)38(39)40/h1-23H,24H2/q+1. The second-order valence-electron chi connectivity index (χ2n) is 10.8. The topological polar surface area (TPSA) is 21.9 Å². The zero-order valence-electron chi connectivity index (χ0n) is 22.3. The first-order chi connectivity index (χ1) is 20.3. The van der Waals surface area contributed by atoms with Gasteiger partial charge in [0, 0.05) is 21.9 Å². The van der Waals surface area contributed by atoms with E-state index < -0.39 is 0 Å². The summed E-state index contributed by atoms with van der Waals surface area (Å²) in [5.74, 6) is 1.16. The molecule has 0 spiro atoms. The maximum atomic E-state index is 6.62. The Balaban J connectivity index is 1.42. The number of nitrogens with zero attached hydrogens (tertiary/aromatic N) is 2. The zero-order valence-corrected chi connectivity index (χ0v) is 22.3. The molecule has 3 heterocycles. The Bertz CT molecular complexity index is 2270. The fraction of sp³-hybridized carbons (Fsp3) is 0.0263. The highest BCUT2D eigenvalue weighted by Crippen LogP contribution is 2.43. The smallest absolute Gasteiger partial charge is 0.299 e. The van der Waals surface area contributed by atoms with Gasteiger partial charge in [0.05, 0.1) is 0 Å². The molecule has 0 unspecified atom stereocenters. The lowest BCUT2D eigenvalue weighted by Crippen LogP contribution is -2.31. The molecule has 0 N–H and O–H groups in total. The van der Waals surface area contributed by atoms with Gasteiger partial charge in [0.25, 0.3) is 5.82 Å². The van der Waals surface area contributed by atoms with Crippen LogP contribution in [0.4, 0.5) is 0 Å². The van der Waals surface area contributed by atoms with Gasteiger partial charge in [-0.3, -0.25) is 0 Å². The van der Waals surface area contributed by atoms with Crippen LogP contribution < -0.4 is 4.57 Å². The van der Waals surface area contributed by atoms with Crippen molar-refractivity contribution in [1.29, 1.82) is 0 Å². The van der Waals surface area contributed by atoms with Crippen LogP contribution in [-0.2, 0) is 6.54 Å². The summed E-state index contributed by atoms with van der Waals surface area (Å²) in [6.07, 6.45) is 0. The summed E-state index contributed by atoms with van der Waals surface area (Å²) in [6.45, 7) is 0.810. The Morgan fingerprint density at radius 1 is 0.585 bits per heavy atom. The lowest BCUT2D eigenvalue weighted by molar-refractivity contribution is -0.645. The van der Waals surface area contributed by atoms with E-state index in [9.17, 15) is 0 Å². The predicted octanol–water partition coefficient (Wildman–Crippen LogP) is 9.18. The number of furan rings is 1. The van der Waals surface area contributed by atoms with Crippen LogP contribution >= 0.6 is 0 Å². The molecule has 3 heteroatoms. The van der Waals surface area contributed by atoms with Crippen molar-refractivity contribution >= 4 is 33.0 Å². The van der Waals surface area contributed by atoms with Gasteiger partial charge < -0.3 is 4.42 Å². The van der Waals surface area contributed by atoms with Crippen LogP contribution in [-0.4, -0.2) is 4.57 Å². The van der Waals surface area contributed by atoms with Gasteiger partial charge in [0.1, 0.15) is 23.4 Å². The summed E-state index contributed by atoms with van der Waals surface area (Å²) in [5.41, 5.74) is 12.7. The number of aromatic nitrogens is 2. The van der Waals surface area contributed by atoms with Crippen LogP contribution in [0.25, 0.3) is 72.3 Å². The third kappa shape index (κ3) is 3.23. The van der Waals surface area contributed by atoms with E-state index in [2.05, 4.69) is 143 Å². The molecule has 0 atom stereocenters. The van der Waals surface area contributed by atoms with Crippen molar-refractivity contribution in [1.82, 2.24) is 4.57 Å². The number of hydrogen-bond acceptors (Lipinski definition) is 1. The van der Waals surface area contributed by atoms with Crippen molar-refractivity contribution < 1.29 is 8.98 Å². The van der Waals surface area contributed by atoms with Crippen LogP contribution in [0, 0.1) is 0 Å². The average Bonchev–Trinajstić information content (AvgIpc) is 3.70. The maximum Gasteiger partial charge on any atom is 0.299 e. The summed E-state index contributed by atoms with van der Waals surface area (Å²) in [7, 11) is 0. The second kappa shape index (κ2) is 8.54. The Hall–Kier alpha value is -5.41. The lowest BCUT2D eigenvalue weighted by atomic mass is 9.97. The average molecular weight is 526 g/mol. The molecule has 6 aromatic carbocycles. The van der Waals surface area contributed by atoms with Crippen molar-refractivity contribution in [2.75, 3.05) is 0 Å². The van der Waals surface area contributed by atoms with Crippen molar-refractivity contribution in [3.8, 4) is 39.3 Å². The summed E-state index contributed by atoms with van der Waals surface area (Å²) in [4.78, 5) is 0. The third-order valence-electron chi connectivity index (χ3n) is 8.50. The number of para-hydroxylation sites is 3. The minimum Gasteiger partial charge on any atom is -0.455 e. The van der Waals surface area contributed by atoms with E-state index in [1.54, 1.807) is 0 Å². The SMILES string of the molecule is c1ccc(-c2ccc(-c3ccccc3)c(-n3c4[n+](c5ccccc53)Cc3ccc5c(oc6ccccc65)c3-4)c2)cc1. The van der Waals surface area contributed by atoms with Gasteiger partial charge in [-0.25, -0.2) is 4.57 Å². The molecule has 3 nitrogen and oxygen atoms in total. The fourth-order valence-electron chi connectivity index (χ4n) is 6.65. The van der Waals surface area contributed by atoms with Gasteiger partial charge >= 0.3 is 0 Å². The number of rotatable bonds is 3. The van der Waals surface area contributed by atoms with Crippen molar-refractivity contribution in [3.63, 3.8) is 0 Å². The first kappa shape index (κ1) is 22.4. The van der Waals surface area contributed by atoms with Crippen LogP contribution in [0.15, 0.2) is 144 Å². The highest BCUT2D eigenvalue weighted by atomic mass is 16.3. The summed E-state index contributed by atoms with van der Waals surface area (Å²) >= 11 is 0. The Morgan fingerprint density at radius 2 is 1.32 bits per heavy atom. The molecule has 0 aliphatic carbocycles. The molecule has 0 bridgehead atoms. The molecule has 1 aliphatic heterocycles. The molecule has 41 heavy (non-hydrogen) atoms. The minimum absolute atomic E-state index is 0.810. The molecule has 0 saturated carbocycles. The number of benzene rings is 6. The third-order valence-corrected chi connectivity index (χ3v) is 8.50. The first-order valence-electron chi connectivity index (χ1n) is 14.1. The number of imidazole rings is 1. The highest BCUT2D eigenvalue weighted by Gasteiger charge is 2.38. The molecule has 9 rings (SSSR count). The molecular formula is C38H25N2O+. The molecule has 8 aromatic rings. The molecule has 0 radical (unpaired) electrons. The van der Waals surface area contributed by atoms with E-state index in [0.717, 1.165) is 40.0 Å². The van der Waals surface area contributed by atoms with Crippen LogP contribution in [0.1, 0.15) is 5.56 Å². The molecular weight excluding hydrogens is 500 g/mol. The van der Waals surface area contributed by atoms with Crippen molar-refractivity contribution in [2.45, 2.75) is 6.54 Å². The molecule has 2 aromatic heterocycles. The lowest BCUT2D eigenvalue weighted by Gasteiger charge is -2.12. The number of hydrogen-bond donors (Lipinski definition) is 0. The first-order valence-corrected chi connectivity index (χ1v) is 14.1. The zero-order chi connectivity index (χ0) is 26.9. The quantitative estimate of drug-likeness (QED) is 0.211. The van der Waals surface area contributed by atoms with E-state index in [1.807, 2.05) is 6.07 Å². The number of fused-ring (bicyclic) bond motifs is 9. The van der Waals surface area contributed by atoms with Crippen LogP contribution in [0.3, 0.4) is 0 Å². The van der Waals surface area contributed by atoms with E-state index >= 15 is 0 Å². The summed E-state index contributed by atoms with van der Waals surface area (Å²) in [6, 6.07) is 49.8. The Kier molecular flexibility index (Phi) is 4.67. The van der Waals surface area contributed by atoms with Gasteiger partial charge in [-0.1, -0.05) is 109 Å². The predicted molar refractivity (Wildman–Crippen MR) is 166 cm³/mol. The Labute approximate surface area is 237 Å². The van der Waals surface area contributed by atoms with Crippen molar-refractivity contribution in [2.24, 2.45) is 0 Å². The fourth-order valence-corrected chi connectivity index (χ4v) is 6.65. The summed E-state index contributed by atoms with van der Waals surface area (Å²) in [5, 5.41) is 2.31. The minimum atomic E-state index is 0.810. The Morgan fingerprint density at radius 3 is 2.17 bits per heavy atom. The molecule has 0 amide bonds. The van der Waals surface area contributed by atoms with Gasteiger partial charge in [-0.15, -0.1) is 0 Å². The highest BCUT2D eigenvalue weighted by molar-refractivity contribution is 6.10.